The first-order valence-electron chi connectivity index (χ1n) is 6.88. The molecular formula is C16H13ClN4O2. The largest absolute Gasteiger partial charge is 0.270 e. The molecule has 0 bridgehead atoms. The fourth-order valence-corrected chi connectivity index (χ4v) is 2.38. The Labute approximate surface area is 137 Å². The van der Waals surface area contributed by atoms with Crippen LogP contribution in [0.25, 0.3) is 11.0 Å². The molecule has 1 heterocycles. The van der Waals surface area contributed by atoms with E-state index in [4.69, 9.17) is 11.6 Å². The lowest BCUT2D eigenvalue weighted by Crippen LogP contribution is -1.93. The summed E-state index contributed by atoms with van der Waals surface area (Å²) in [5, 5.41) is 15.6. The number of fused-ring (bicyclic) bond motifs is 1. The van der Waals surface area contributed by atoms with E-state index in [1.165, 1.54) is 24.4 Å². The molecule has 0 aliphatic heterocycles. The van der Waals surface area contributed by atoms with Crippen LogP contribution in [0.2, 0.25) is 5.02 Å². The van der Waals surface area contributed by atoms with Crippen LogP contribution < -0.4 is 0 Å². The number of aryl methyl sites for hydroxylation is 2. The van der Waals surface area contributed by atoms with Crippen LogP contribution in [-0.4, -0.2) is 20.8 Å². The number of hydrogen-bond acceptors (Lipinski definition) is 4. The van der Waals surface area contributed by atoms with Gasteiger partial charge in [-0.3, -0.25) is 10.1 Å². The van der Waals surface area contributed by atoms with Gasteiger partial charge in [0.25, 0.3) is 5.69 Å². The summed E-state index contributed by atoms with van der Waals surface area (Å²) >= 11 is 6.07. The van der Waals surface area contributed by atoms with Gasteiger partial charge < -0.3 is 0 Å². The maximum Gasteiger partial charge on any atom is 0.270 e. The Kier molecular flexibility index (Phi) is 3.83. The number of hydrogen-bond donors (Lipinski definition) is 0. The van der Waals surface area contributed by atoms with E-state index < -0.39 is 4.92 Å². The number of nitro groups is 1. The fourth-order valence-electron chi connectivity index (χ4n) is 2.21. The van der Waals surface area contributed by atoms with Crippen LogP contribution in [0.5, 0.6) is 0 Å². The monoisotopic (exact) mass is 328 g/mol. The molecule has 23 heavy (non-hydrogen) atoms. The predicted octanol–water partition coefficient (Wildman–Crippen LogP) is 4.10. The molecule has 6 nitrogen and oxygen atoms in total. The first-order chi connectivity index (χ1) is 11.0. The zero-order chi connectivity index (χ0) is 16.6. The minimum Gasteiger partial charge on any atom is -0.258 e. The van der Waals surface area contributed by atoms with Crippen LogP contribution in [0.1, 0.15) is 16.7 Å². The molecule has 1 aromatic heterocycles. The minimum absolute atomic E-state index is 0.0298. The molecule has 0 unspecified atom stereocenters. The van der Waals surface area contributed by atoms with Gasteiger partial charge in [-0.1, -0.05) is 11.6 Å². The number of benzene rings is 2. The molecule has 0 N–H and O–H groups in total. The fraction of sp³-hybridized carbons (Fsp3) is 0.125. The van der Waals surface area contributed by atoms with E-state index in [2.05, 4.69) is 10.1 Å². The number of nitrogens with zero attached hydrogens (tertiary/aromatic N) is 4. The number of aromatic nitrogens is 2. The van der Waals surface area contributed by atoms with Crippen molar-refractivity contribution in [1.29, 1.82) is 0 Å². The van der Waals surface area contributed by atoms with Crippen molar-refractivity contribution in [2.75, 3.05) is 0 Å². The Bertz CT molecular complexity index is 947. The summed E-state index contributed by atoms with van der Waals surface area (Å²) in [5.41, 5.74) is 4.46. The van der Waals surface area contributed by atoms with E-state index in [1.54, 1.807) is 11.0 Å². The average Bonchev–Trinajstić information content (AvgIpc) is 2.89. The first kappa shape index (κ1) is 15.2. The average molecular weight is 329 g/mol. The molecule has 0 amide bonds. The first-order valence-corrected chi connectivity index (χ1v) is 7.26. The highest BCUT2D eigenvalue weighted by atomic mass is 35.5. The van der Waals surface area contributed by atoms with Gasteiger partial charge in [-0.15, -0.1) is 0 Å². The van der Waals surface area contributed by atoms with Crippen molar-refractivity contribution >= 4 is 34.5 Å². The Morgan fingerprint density at radius 3 is 2.74 bits per heavy atom. The Hall–Kier alpha value is -2.73. The van der Waals surface area contributed by atoms with Crippen molar-refractivity contribution in [1.82, 2.24) is 9.66 Å². The maximum absolute atomic E-state index is 10.8. The number of halogens is 1. The topological polar surface area (TPSA) is 73.3 Å². The van der Waals surface area contributed by atoms with E-state index in [0.29, 0.717) is 10.6 Å². The van der Waals surface area contributed by atoms with Gasteiger partial charge in [0.2, 0.25) is 0 Å². The van der Waals surface area contributed by atoms with Crippen molar-refractivity contribution < 1.29 is 4.92 Å². The van der Waals surface area contributed by atoms with E-state index >= 15 is 0 Å². The van der Waals surface area contributed by atoms with Crippen molar-refractivity contribution in [3.8, 4) is 0 Å². The molecule has 116 valence electrons. The molecule has 0 radical (unpaired) electrons. The summed E-state index contributed by atoms with van der Waals surface area (Å²) in [7, 11) is 0. The van der Waals surface area contributed by atoms with E-state index in [1.807, 2.05) is 26.0 Å². The Morgan fingerprint density at radius 1 is 1.26 bits per heavy atom. The van der Waals surface area contributed by atoms with Crippen LogP contribution in [0.15, 0.2) is 41.8 Å². The molecule has 7 heteroatoms. The van der Waals surface area contributed by atoms with Gasteiger partial charge >= 0.3 is 0 Å². The lowest BCUT2D eigenvalue weighted by atomic mass is 10.1. The van der Waals surface area contributed by atoms with Crippen molar-refractivity contribution in [3.05, 3.63) is 68.5 Å². The van der Waals surface area contributed by atoms with E-state index in [-0.39, 0.29) is 5.69 Å². The molecule has 0 atom stereocenters. The highest BCUT2D eigenvalue weighted by Crippen LogP contribution is 2.21. The molecule has 0 saturated heterocycles. The molecule has 0 aliphatic carbocycles. The molecule has 2 aromatic carbocycles. The third kappa shape index (κ3) is 2.93. The Balaban J connectivity index is 2.02. The number of rotatable bonds is 3. The van der Waals surface area contributed by atoms with Crippen molar-refractivity contribution in [2.45, 2.75) is 13.8 Å². The van der Waals surface area contributed by atoms with E-state index in [9.17, 15) is 10.1 Å². The second kappa shape index (κ2) is 5.81. The minimum atomic E-state index is -0.466. The molecule has 0 fully saturated rings. The number of nitro benzene ring substituents is 1. The second-order valence-corrected chi connectivity index (χ2v) is 5.63. The van der Waals surface area contributed by atoms with Gasteiger partial charge in [0.15, 0.2) is 0 Å². The summed E-state index contributed by atoms with van der Waals surface area (Å²) in [6.45, 7) is 4.05. The van der Waals surface area contributed by atoms with Gasteiger partial charge in [0.05, 0.1) is 22.2 Å². The zero-order valence-electron chi connectivity index (χ0n) is 12.5. The predicted molar refractivity (Wildman–Crippen MR) is 90.3 cm³/mol. The molecular weight excluding hydrogens is 316 g/mol. The SMILES string of the molecule is Cc1cc2ncn(/N=C\c3cc([N+](=O)[O-])ccc3Cl)c2cc1C. The second-order valence-electron chi connectivity index (χ2n) is 5.22. The summed E-state index contributed by atoms with van der Waals surface area (Å²) < 4.78 is 1.62. The standard InChI is InChI=1S/C16H13ClN4O2/c1-10-5-15-16(6-11(10)2)20(9-18-15)19-8-12-7-13(21(22)23)3-4-14(12)17/h3-9H,1-2H3/b19-8-. The lowest BCUT2D eigenvalue weighted by molar-refractivity contribution is -0.384. The molecule has 0 spiro atoms. The smallest absolute Gasteiger partial charge is 0.258 e. The van der Waals surface area contributed by atoms with Gasteiger partial charge in [0.1, 0.15) is 6.33 Å². The third-order valence-electron chi connectivity index (χ3n) is 3.66. The molecule has 3 aromatic rings. The van der Waals surface area contributed by atoms with Crippen molar-refractivity contribution in [3.63, 3.8) is 0 Å². The van der Waals surface area contributed by atoms with Crippen LogP contribution in [0.3, 0.4) is 0 Å². The molecule has 0 aliphatic rings. The van der Waals surface area contributed by atoms with Crippen molar-refractivity contribution in [2.24, 2.45) is 5.10 Å². The summed E-state index contributed by atoms with van der Waals surface area (Å²) in [6, 6.07) is 8.24. The quantitative estimate of drug-likeness (QED) is 0.413. The van der Waals surface area contributed by atoms with Gasteiger partial charge in [0, 0.05) is 22.7 Å². The highest BCUT2D eigenvalue weighted by Gasteiger charge is 2.09. The summed E-state index contributed by atoms with van der Waals surface area (Å²) in [4.78, 5) is 14.7. The molecule has 0 saturated carbocycles. The normalized spacial score (nSPS) is 11.4. The van der Waals surface area contributed by atoms with Crippen LogP contribution in [-0.2, 0) is 0 Å². The van der Waals surface area contributed by atoms with Gasteiger partial charge in [-0.2, -0.15) is 5.10 Å². The van der Waals surface area contributed by atoms with Gasteiger partial charge in [-0.05, 0) is 43.2 Å². The number of non-ortho nitro benzene ring substituents is 1. The van der Waals surface area contributed by atoms with Gasteiger partial charge in [-0.25, -0.2) is 9.66 Å². The van der Waals surface area contributed by atoms with Crippen LogP contribution >= 0.6 is 11.6 Å². The zero-order valence-corrected chi connectivity index (χ0v) is 13.3. The number of imidazole rings is 1. The Morgan fingerprint density at radius 2 is 2.00 bits per heavy atom. The van der Waals surface area contributed by atoms with Crippen LogP contribution in [0.4, 0.5) is 5.69 Å². The third-order valence-corrected chi connectivity index (χ3v) is 4.00. The highest BCUT2D eigenvalue weighted by molar-refractivity contribution is 6.33. The van der Waals surface area contributed by atoms with Crippen LogP contribution in [0, 0.1) is 24.0 Å². The molecule has 3 rings (SSSR count). The summed E-state index contributed by atoms with van der Waals surface area (Å²) in [6.07, 6.45) is 3.09. The lowest BCUT2D eigenvalue weighted by Gasteiger charge is -2.01. The van der Waals surface area contributed by atoms with E-state index in [0.717, 1.165) is 22.2 Å². The summed E-state index contributed by atoms with van der Waals surface area (Å²) in [5.74, 6) is 0. The maximum atomic E-state index is 10.8.